The fourth-order valence-electron chi connectivity index (χ4n) is 6.02. The van der Waals surface area contributed by atoms with E-state index in [1.807, 2.05) is 13.8 Å². The van der Waals surface area contributed by atoms with Crippen LogP contribution in [-0.2, 0) is 10.2 Å². The van der Waals surface area contributed by atoms with Gasteiger partial charge in [-0.25, -0.2) is 0 Å². The lowest BCUT2D eigenvalue weighted by Crippen LogP contribution is -2.62. The fraction of sp³-hybridized carbons (Fsp3) is 0.682. The number of nitrogens with one attached hydrogen (secondary N) is 1. The highest BCUT2D eigenvalue weighted by molar-refractivity contribution is 5.87. The highest BCUT2D eigenvalue weighted by atomic mass is 16.3. The summed E-state index contributed by atoms with van der Waals surface area (Å²) < 4.78 is 0. The van der Waals surface area contributed by atoms with Crippen molar-refractivity contribution in [3.05, 3.63) is 34.9 Å². The lowest BCUT2D eigenvalue weighted by Gasteiger charge is -2.58. The Bertz CT molecular complexity index is 672. The van der Waals surface area contributed by atoms with Crippen LogP contribution in [0.1, 0.15) is 62.6 Å². The normalized spacial score (nSPS) is 36.5. The first-order valence-corrected chi connectivity index (χ1v) is 9.78. The molecule has 1 amide bonds. The van der Waals surface area contributed by atoms with Gasteiger partial charge in [-0.2, -0.15) is 0 Å². The van der Waals surface area contributed by atoms with Crippen LogP contribution in [0.5, 0.6) is 0 Å². The first kappa shape index (κ1) is 17.1. The molecule has 0 radical (unpaired) electrons. The van der Waals surface area contributed by atoms with E-state index in [4.69, 9.17) is 0 Å². The Kier molecular flexibility index (Phi) is 3.81. The van der Waals surface area contributed by atoms with Crippen molar-refractivity contribution in [3.63, 3.8) is 0 Å². The minimum absolute atomic E-state index is 0.127. The first-order chi connectivity index (χ1) is 11.7. The van der Waals surface area contributed by atoms with Crippen LogP contribution < -0.4 is 5.32 Å². The second-order valence-corrected chi connectivity index (χ2v) is 9.69. The minimum atomic E-state index is -0.539. The van der Waals surface area contributed by atoms with Crippen LogP contribution in [0.3, 0.4) is 0 Å². The van der Waals surface area contributed by atoms with Gasteiger partial charge in [0.15, 0.2) is 0 Å². The molecule has 3 heteroatoms. The largest absolute Gasteiger partial charge is 0.390 e. The summed E-state index contributed by atoms with van der Waals surface area (Å²) >= 11 is 0. The fourth-order valence-corrected chi connectivity index (χ4v) is 6.02. The van der Waals surface area contributed by atoms with Crippen LogP contribution in [0.4, 0.5) is 0 Å². The van der Waals surface area contributed by atoms with Crippen LogP contribution in [0.2, 0.25) is 0 Å². The van der Waals surface area contributed by atoms with E-state index < -0.39 is 11.0 Å². The Labute approximate surface area is 151 Å². The van der Waals surface area contributed by atoms with Gasteiger partial charge in [0.1, 0.15) is 0 Å². The van der Waals surface area contributed by atoms with Crippen LogP contribution in [0, 0.1) is 31.6 Å². The quantitative estimate of drug-likeness (QED) is 0.882. The SMILES string of the molecule is Cc1cc(C)cc(C(C)(C)C(=O)NC2[C@H]3CC4C[C@H]2CC(O)(C4)C3)c1. The molecule has 4 aliphatic carbocycles. The topological polar surface area (TPSA) is 49.3 Å². The number of benzene rings is 1. The molecule has 136 valence electrons. The number of hydrogen-bond donors (Lipinski definition) is 2. The Morgan fingerprint density at radius 1 is 1.08 bits per heavy atom. The summed E-state index contributed by atoms with van der Waals surface area (Å²) in [5.74, 6) is 1.70. The number of hydrogen-bond acceptors (Lipinski definition) is 2. The highest BCUT2D eigenvalue weighted by Gasteiger charge is 2.55. The van der Waals surface area contributed by atoms with Crippen LogP contribution >= 0.6 is 0 Å². The van der Waals surface area contributed by atoms with Crippen molar-refractivity contribution in [2.24, 2.45) is 17.8 Å². The van der Waals surface area contributed by atoms with Gasteiger partial charge in [0.2, 0.25) is 5.91 Å². The molecule has 3 nitrogen and oxygen atoms in total. The predicted molar refractivity (Wildman–Crippen MR) is 99.4 cm³/mol. The molecule has 1 aromatic carbocycles. The van der Waals surface area contributed by atoms with Crippen molar-refractivity contribution in [1.29, 1.82) is 0 Å². The number of aryl methyl sites for hydroxylation is 2. The third kappa shape index (κ3) is 2.91. The van der Waals surface area contributed by atoms with Gasteiger partial charge in [-0.15, -0.1) is 0 Å². The maximum atomic E-state index is 13.2. The van der Waals surface area contributed by atoms with Crippen molar-refractivity contribution < 1.29 is 9.90 Å². The number of carbonyl (C=O) groups excluding carboxylic acids is 1. The van der Waals surface area contributed by atoms with Crippen LogP contribution in [0.15, 0.2) is 18.2 Å². The molecule has 0 aromatic heterocycles. The summed E-state index contributed by atoms with van der Waals surface area (Å²) in [6.45, 7) is 8.23. The molecule has 2 N–H and O–H groups in total. The summed E-state index contributed by atoms with van der Waals surface area (Å²) in [7, 11) is 0. The Morgan fingerprint density at radius 2 is 1.64 bits per heavy atom. The third-order valence-electron chi connectivity index (χ3n) is 7.05. The monoisotopic (exact) mass is 341 g/mol. The van der Waals surface area contributed by atoms with Crippen molar-refractivity contribution in [3.8, 4) is 0 Å². The number of rotatable bonds is 3. The van der Waals surface area contributed by atoms with Gasteiger partial charge in [0.05, 0.1) is 11.0 Å². The van der Waals surface area contributed by atoms with E-state index in [1.165, 1.54) is 24.0 Å². The average molecular weight is 341 g/mol. The van der Waals surface area contributed by atoms with Crippen molar-refractivity contribution in [2.75, 3.05) is 0 Å². The lowest BCUT2D eigenvalue weighted by atomic mass is 9.52. The average Bonchev–Trinajstić information content (AvgIpc) is 2.48. The van der Waals surface area contributed by atoms with Crippen molar-refractivity contribution in [2.45, 2.75) is 76.9 Å². The zero-order valence-corrected chi connectivity index (χ0v) is 15.9. The molecular weight excluding hydrogens is 310 g/mol. The van der Waals surface area contributed by atoms with Gasteiger partial charge in [-0.05, 0) is 83.1 Å². The van der Waals surface area contributed by atoms with E-state index in [1.54, 1.807) is 0 Å². The van der Waals surface area contributed by atoms with Crippen molar-refractivity contribution >= 4 is 5.91 Å². The lowest BCUT2D eigenvalue weighted by molar-refractivity contribution is -0.148. The van der Waals surface area contributed by atoms with Crippen LogP contribution in [0.25, 0.3) is 0 Å². The second-order valence-electron chi connectivity index (χ2n) is 9.69. The molecule has 1 aromatic rings. The van der Waals surface area contributed by atoms with E-state index in [9.17, 15) is 9.90 Å². The van der Waals surface area contributed by atoms with Gasteiger partial charge in [0, 0.05) is 6.04 Å². The van der Waals surface area contributed by atoms with Gasteiger partial charge in [-0.1, -0.05) is 29.3 Å². The predicted octanol–water partition coefficient (Wildman–Crippen LogP) is 3.64. The number of amides is 1. The van der Waals surface area contributed by atoms with E-state index in [0.29, 0.717) is 17.8 Å². The molecule has 0 saturated heterocycles. The van der Waals surface area contributed by atoms with Crippen LogP contribution in [-0.4, -0.2) is 22.7 Å². The van der Waals surface area contributed by atoms with E-state index in [0.717, 1.165) is 24.8 Å². The molecule has 0 heterocycles. The third-order valence-corrected chi connectivity index (χ3v) is 7.05. The zero-order valence-electron chi connectivity index (χ0n) is 15.9. The Balaban J connectivity index is 1.54. The van der Waals surface area contributed by atoms with Gasteiger partial charge < -0.3 is 10.4 Å². The Morgan fingerprint density at radius 3 is 2.16 bits per heavy atom. The molecule has 0 unspecified atom stereocenters. The van der Waals surface area contributed by atoms with E-state index >= 15 is 0 Å². The molecule has 4 fully saturated rings. The van der Waals surface area contributed by atoms with E-state index in [2.05, 4.69) is 37.4 Å². The van der Waals surface area contributed by atoms with Crippen molar-refractivity contribution in [1.82, 2.24) is 5.32 Å². The smallest absolute Gasteiger partial charge is 0.230 e. The highest BCUT2D eigenvalue weighted by Crippen LogP contribution is 2.55. The van der Waals surface area contributed by atoms with Gasteiger partial charge in [-0.3, -0.25) is 4.79 Å². The zero-order chi connectivity index (χ0) is 18.0. The molecule has 2 atom stereocenters. The molecule has 5 rings (SSSR count). The molecule has 0 spiro atoms. The second kappa shape index (κ2) is 5.57. The molecule has 25 heavy (non-hydrogen) atoms. The molecule has 4 bridgehead atoms. The number of carbonyl (C=O) groups is 1. The number of aliphatic hydroxyl groups is 1. The summed E-state index contributed by atoms with van der Waals surface area (Å²) in [5, 5.41) is 14.1. The minimum Gasteiger partial charge on any atom is -0.390 e. The first-order valence-electron chi connectivity index (χ1n) is 9.78. The molecule has 4 aliphatic rings. The maximum absolute atomic E-state index is 13.2. The maximum Gasteiger partial charge on any atom is 0.230 e. The summed E-state index contributed by atoms with van der Waals surface area (Å²) in [4.78, 5) is 13.2. The summed E-state index contributed by atoms with van der Waals surface area (Å²) in [6.07, 6.45) is 5.07. The van der Waals surface area contributed by atoms with E-state index in [-0.39, 0.29) is 11.9 Å². The molecular formula is C22H31NO2. The van der Waals surface area contributed by atoms with Gasteiger partial charge in [0.25, 0.3) is 0 Å². The summed E-state index contributed by atoms with van der Waals surface area (Å²) in [5.41, 5.74) is 2.51. The standard InChI is InChI=1S/C22H31NO2/c1-13-5-14(2)7-18(6-13)21(3,4)20(24)23-19-16-8-15-9-17(19)12-22(25,10-15)11-16/h5-7,15-17,19,25H,8-12H2,1-4H3,(H,23,24)/t15?,16-,17-,19?,22?/m0/s1. The molecule has 4 saturated carbocycles. The molecule has 0 aliphatic heterocycles. The Hall–Kier alpha value is -1.35. The summed E-state index contributed by atoms with van der Waals surface area (Å²) in [6, 6.07) is 6.66. The van der Waals surface area contributed by atoms with Gasteiger partial charge >= 0.3 is 0 Å².